The standard InChI is InChI=1S/C20H19N5O3/c26-18(23-12-4-5-13-23)14-24-20(16-6-2-1-3-7-16)21-19(22-24)15-8-10-17(11-9-15)25(27)28/h1-3,6-11H,4-5,12-14H2. The molecule has 2 aromatic carbocycles. The molecule has 28 heavy (non-hydrogen) atoms. The molecular weight excluding hydrogens is 358 g/mol. The minimum absolute atomic E-state index is 0.00989. The molecule has 8 heteroatoms. The number of carbonyl (C=O) groups excluding carboxylic acids is 1. The molecule has 1 amide bonds. The van der Waals surface area contributed by atoms with Crippen LogP contribution in [0.4, 0.5) is 5.69 Å². The summed E-state index contributed by atoms with van der Waals surface area (Å²) in [6.07, 6.45) is 2.06. The van der Waals surface area contributed by atoms with E-state index in [1.807, 2.05) is 35.2 Å². The average Bonchev–Trinajstić information content (AvgIpc) is 3.39. The van der Waals surface area contributed by atoms with E-state index >= 15 is 0 Å². The van der Waals surface area contributed by atoms with E-state index in [-0.39, 0.29) is 18.1 Å². The van der Waals surface area contributed by atoms with Gasteiger partial charge in [0.25, 0.3) is 5.69 Å². The van der Waals surface area contributed by atoms with Gasteiger partial charge in [0.1, 0.15) is 6.54 Å². The second-order valence-electron chi connectivity index (χ2n) is 6.67. The number of amides is 1. The molecule has 0 bridgehead atoms. The first-order valence-electron chi connectivity index (χ1n) is 9.15. The van der Waals surface area contributed by atoms with Crippen LogP contribution in [0.2, 0.25) is 0 Å². The minimum Gasteiger partial charge on any atom is -0.341 e. The second kappa shape index (κ2) is 7.59. The van der Waals surface area contributed by atoms with E-state index in [4.69, 9.17) is 0 Å². The van der Waals surface area contributed by atoms with Gasteiger partial charge in [-0.15, -0.1) is 5.10 Å². The predicted octanol–water partition coefficient (Wildman–Crippen LogP) is 3.14. The lowest BCUT2D eigenvalue weighted by molar-refractivity contribution is -0.384. The molecule has 142 valence electrons. The number of non-ortho nitro benzene ring substituents is 1. The van der Waals surface area contributed by atoms with Crippen LogP contribution in [0.3, 0.4) is 0 Å². The predicted molar refractivity (Wildman–Crippen MR) is 103 cm³/mol. The largest absolute Gasteiger partial charge is 0.341 e. The molecule has 4 rings (SSSR count). The Bertz CT molecular complexity index is 992. The van der Waals surface area contributed by atoms with Crippen LogP contribution in [0.25, 0.3) is 22.8 Å². The Morgan fingerprint density at radius 3 is 2.32 bits per heavy atom. The van der Waals surface area contributed by atoms with Gasteiger partial charge >= 0.3 is 0 Å². The third-order valence-electron chi connectivity index (χ3n) is 4.78. The van der Waals surface area contributed by atoms with Gasteiger partial charge in [-0.1, -0.05) is 30.3 Å². The Morgan fingerprint density at radius 2 is 1.68 bits per heavy atom. The highest BCUT2D eigenvalue weighted by atomic mass is 16.6. The van der Waals surface area contributed by atoms with Crippen LogP contribution in [0, 0.1) is 10.1 Å². The van der Waals surface area contributed by atoms with E-state index in [0.29, 0.717) is 17.2 Å². The lowest BCUT2D eigenvalue weighted by Gasteiger charge is -2.15. The molecule has 8 nitrogen and oxygen atoms in total. The molecule has 2 heterocycles. The van der Waals surface area contributed by atoms with Crippen LogP contribution < -0.4 is 0 Å². The zero-order valence-electron chi connectivity index (χ0n) is 15.2. The molecule has 1 saturated heterocycles. The fourth-order valence-corrected chi connectivity index (χ4v) is 3.30. The highest BCUT2D eigenvalue weighted by molar-refractivity contribution is 5.77. The van der Waals surface area contributed by atoms with Crippen LogP contribution in [-0.4, -0.2) is 43.6 Å². The highest BCUT2D eigenvalue weighted by Crippen LogP contribution is 2.24. The summed E-state index contributed by atoms with van der Waals surface area (Å²) in [7, 11) is 0. The van der Waals surface area contributed by atoms with Crippen LogP contribution >= 0.6 is 0 Å². The number of nitrogens with zero attached hydrogens (tertiary/aromatic N) is 5. The number of carbonyl (C=O) groups is 1. The molecular formula is C20H19N5O3. The summed E-state index contributed by atoms with van der Waals surface area (Å²) in [6, 6.07) is 15.6. The van der Waals surface area contributed by atoms with Crippen molar-refractivity contribution in [2.75, 3.05) is 13.1 Å². The van der Waals surface area contributed by atoms with E-state index in [0.717, 1.165) is 31.5 Å². The second-order valence-corrected chi connectivity index (χ2v) is 6.67. The van der Waals surface area contributed by atoms with Gasteiger partial charge in [0.05, 0.1) is 4.92 Å². The molecule has 1 aromatic heterocycles. The number of benzene rings is 2. The van der Waals surface area contributed by atoms with E-state index in [1.54, 1.807) is 16.8 Å². The molecule has 0 radical (unpaired) electrons. The van der Waals surface area contributed by atoms with E-state index in [2.05, 4.69) is 10.1 Å². The first kappa shape index (κ1) is 17.8. The first-order chi connectivity index (χ1) is 13.6. The van der Waals surface area contributed by atoms with Crippen LogP contribution in [-0.2, 0) is 11.3 Å². The van der Waals surface area contributed by atoms with Gasteiger partial charge in [-0.25, -0.2) is 9.67 Å². The summed E-state index contributed by atoms with van der Waals surface area (Å²) in [4.78, 5) is 29.5. The Kier molecular flexibility index (Phi) is 4.84. The zero-order valence-corrected chi connectivity index (χ0v) is 15.2. The topological polar surface area (TPSA) is 94.2 Å². The summed E-state index contributed by atoms with van der Waals surface area (Å²) in [6.45, 7) is 1.68. The molecule has 0 spiro atoms. The lowest BCUT2D eigenvalue weighted by Crippen LogP contribution is -2.31. The highest BCUT2D eigenvalue weighted by Gasteiger charge is 2.21. The maximum absolute atomic E-state index is 12.6. The molecule has 1 aliphatic rings. The maximum Gasteiger partial charge on any atom is 0.269 e. The van der Waals surface area contributed by atoms with Gasteiger partial charge in [0, 0.05) is 36.3 Å². The molecule has 1 fully saturated rings. The van der Waals surface area contributed by atoms with Gasteiger partial charge in [0.2, 0.25) is 5.91 Å². The molecule has 3 aromatic rings. The first-order valence-corrected chi connectivity index (χ1v) is 9.15. The number of rotatable bonds is 5. The summed E-state index contributed by atoms with van der Waals surface area (Å²) in [5.41, 5.74) is 1.53. The molecule has 0 saturated carbocycles. The third-order valence-corrected chi connectivity index (χ3v) is 4.78. The Labute approximate surface area is 161 Å². The zero-order chi connectivity index (χ0) is 19.5. The molecule has 0 N–H and O–H groups in total. The van der Waals surface area contributed by atoms with Gasteiger partial charge in [0.15, 0.2) is 11.6 Å². The summed E-state index contributed by atoms with van der Waals surface area (Å²) in [5.74, 6) is 1.05. The number of nitro benzene ring substituents is 1. The van der Waals surface area contributed by atoms with Gasteiger partial charge in [-0.3, -0.25) is 14.9 Å². The fourth-order valence-electron chi connectivity index (χ4n) is 3.30. The van der Waals surface area contributed by atoms with E-state index < -0.39 is 4.92 Å². The van der Waals surface area contributed by atoms with Crippen LogP contribution in [0.1, 0.15) is 12.8 Å². The van der Waals surface area contributed by atoms with Gasteiger partial charge < -0.3 is 4.90 Å². The number of nitro groups is 1. The number of likely N-dealkylation sites (tertiary alicyclic amines) is 1. The number of aromatic nitrogens is 3. The smallest absolute Gasteiger partial charge is 0.269 e. The molecule has 0 aliphatic carbocycles. The lowest BCUT2D eigenvalue weighted by atomic mass is 10.2. The van der Waals surface area contributed by atoms with Gasteiger partial charge in [-0.05, 0) is 25.0 Å². The van der Waals surface area contributed by atoms with E-state index in [9.17, 15) is 14.9 Å². The van der Waals surface area contributed by atoms with Crippen molar-refractivity contribution in [1.29, 1.82) is 0 Å². The van der Waals surface area contributed by atoms with Crippen molar-refractivity contribution in [3.05, 3.63) is 64.7 Å². The minimum atomic E-state index is -0.445. The third kappa shape index (κ3) is 3.62. The van der Waals surface area contributed by atoms with Crippen molar-refractivity contribution in [3.63, 3.8) is 0 Å². The fraction of sp³-hybridized carbons (Fsp3) is 0.250. The van der Waals surface area contributed by atoms with Crippen molar-refractivity contribution in [2.24, 2.45) is 0 Å². The quantitative estimate of drug-likeness (QED) is 0.503. The molecule has 0 atom stereocenters. The monoisotopic (exact) mass is 377 g/mol. The van der Waals surface area contributed by atoms with Crippen molar-refractivity contribution in [1.82, 2.24) is 19.7 Å². The Hall–Kier alpha value is -3.55. The summed E-state index contributed by atoms with van der Waals surface area (Å²) >= 11 is 0. The van der Waals surface area contributed by atoms with E-state index in [1.165, 1.54) is 12.1 Å². The van der Waals surface area contributed by atoms with Crippen molar-refractivity contribution in [3.8, 4) is 22.8 Å². The molecule has 1 aliphatic heterocycles. The maximum atomic E-state index is 12.6. The van der Waals surface area contributed by atoms with Crippen LogP contribution in [0.15, 0.2) is 54.6 Å². The number of hydrogen-bond donors (Lipinski definition) is 0. The summed E-state index contributed by atoms with van der Waals surface area (Å²) in [5, 5.41) is 15.4. The number of hydrogen-bond acceptors (Lipinski definition) is 5. The Morgan fingerprint density at radius 1 is 1.00 bits per heavy atom. The van der Waals surface area contributed by atoms with Gasteiger partial charge in [-0.2, -0.15) is 0 Å². The SMILES string of the molecule is O=C(Cn1nc(-c2ccc([N+](=O)[O-])cc2)nc1-c1ccccc1)N1CCCC1. The Balaban J connectivity index is 1.69. The summed E-state index contributed by atoms with van der Waals surface area (Å²) < 4.78 is 1.62. The van der Waals surface area contributed by atoms with Crippen LogP contribution in [0.5, 0.6) is 0 Å². The normalized spacial score (nSPS) is 13.6. The van der Waals surface area contributed by atoms with Crippen molar-refractivity contribution in [2.45, 2.75) is 19.4 Å². The average molecular weight is 377 g/mol. The molecule has 0 unspecified atom stereocenters. The van der Waals surface area contributed by atoms with Crippen molar-refractivity contribution < 1.29 is 9.72 Å². The van der Waals surface area contributed by atoms with Crippen molar-refractivity contribution >= 4 is 11.6 Å².